The number of carbonyl (C=O) groups excluding carboxylic acids is 2. The summed E-state index contributed by atoms with van der Waals surface area (Å²) in [6.07, 6.45) is 1.64. The first-order valence-corrected chi connectivity index (χ1v) is 8.00. The number of likely N-dealkylation sites (N-methyl/N-ethyl adjacent to an activating group) is 1. The average molecular weight is 318 g/mol. The van der Waals surface area contributed by atoms with Crippen LogP contribution in [-0.4, -0.2) is 61.4 Å². The molecule has 0 unspecified atom stereocenters. The van der Waals surface area contributed by atoms with Crippen LogP contribution in [0.2, 0.25) is 0 Å². The number of hydrogen-bond donors (Lipinski definition) is 2. The molecule has 1 heterocycles. The van der Waals surface area contributed by atoms with E-state index >= 15 is 0 Å². The van der Waals surface area contributed by atoms with Gasteiger partial charge in [0.25, 0.3) is 0 Å². The van der Waals surface area contributed by atoms with Crippen molar-refractivity contribution in [2.24, 2.45) is 0 Å². The molecule has 1 aromatic rings. The van der Waals surface area contributed by atoms with E-state index in [2.05, 4.69) is 34.5 Å². The molecule has 23 heavy (non-hydrogen) atoms. The minimum absolute atomic E-state index is 0.00159. The number of carbonyl (C=O) groups is 2. The van der Waals surface area contributed by atoms with Crippen molar-refractivity contribution in [1.29, 1.82) is 0 Å². The third-order valence-corrected chi connectivity index (χ3v) is 4.10. The molecule has 1 saturated heterocycles. The van der Waals surface area contributed by atoms with E-state index < -0.39 is 0 Å². The van der Waals surface area contributed by atoms with Crippen LogP contribution >= 0.6 is 0 Å². The van der Waals surface area contributed by atoms with Crippen molar-refractivity contribution in [3.8, 4) is 0 Å². The maximum atomic E-state index is 12.1. The van der Waals surface area contributed by atoms with Gasteiger partial charge in [0, 0.05) is 43.9 Å². The number of amides is 2. The summed E-state index contributed by atoms with van der Waals surface area (Å²) in [6.45, 7) is 4.32. The molecule has 0 bridgehead atoms. The lowest BCUT2D eigenvalue weighted by Gasteiger charge is -2.20. The molecule has 0 radical (unpaired) electrons. The Labute approximate surface area is 137 Å². The molecule has 1 aliphatic heterocycles. The van der Waals surface area contributed by atoms with E-state index in [1.807, 2.05) is 12.1 Å². The van der Waals surface area contributed by atoms with E-state index in [1.54, 1.807) is 12.1 Å². The average Bonchev–Trinajstić information content (AvgIpc) is 2.94. The monoisotopic (exact) mass is 318 g/mol. The smallest absolute Gasteiger partial charge is 0.225 e. The van der Waals surface area contributed by atoms with Crippen LogP contribution in [0.4, 0.5) is 11.4 Å². The maximum absolute atomic E-state index is 12.1. The van der Waals surface area contributed by atoms with Crippen LogP contribution in [-0.2, 0) is 9.59 Å². The van der Waals surface area contributed by atoms with Gasteiger partial charge in [-0.25, -0.2) is 0 Å². The van der Waals surface area contributed by atoms with E-state index in [9.17, 15) is 9.59 Å². The first-order chi connectivity index (χ1) is 10.9. The van der Waals surface area contributed by atoms with Crippen LogP contribution in [0.25, 0.3) is 0 Å². The zero-order chi connectivity index (χ0) is 16.8. The van der Waals surface area contributed by atoms with E-state index in [0.29, 0.717) is 23.8 Å². The Hall–Kier alpha value is -1.92. The number of hydrogen-bond acceptors (Lipinski definition) is 4. The van der Waals surface area contributed by atoms with Gasteiger partial charge in [-0.15, -0.1) is 0 Å². The molecule has 0 spiro atoms. The van der Waals surface area contributed by atoms with Gasteiger partial charge in [-0.05, 0) is 45.3 Å². The fourth-order valence-electron chi connectivity index (χ4n) is 2.80. The Kier molecular flexibility index (Phi) is 6.12. The van der Waals surface area contributed by atoms with Crippen LogP contribution in [0, 0.1) is 0 Å². The molecule has 6 nitrogen and oxygen atoms in total. The number of anilines is 2. The van der Waals surface area contributed by atoms with Crippen molar-refractivity contribution in [1.82, 2.24) is 9.80 Å². The van der Waals surface area contributed by atoms with Crippen LogP contribution in [0.15, 0.2) is 24.3 Å². The highest BCUT2D eigenvalue weighted by molar-refractivity contribution is 5.93. The molecule has 2 amide bonds. The first kappa shape index (κ1) is 17.4. The summed E-state index contributed by atoms with van der Waals surface area (Å²) < 4.78 is 0. The Bertz CT molecular complexity index is 559. The second-order valence-electron chi connectivity index (χ2n) is 6.27. The Morgan fingerprint density at radius 2 is 1.96 bits per heavy atom. The lowest BCUT2D eigenvalue weighted by atomic mass is 10.2. The number of benzene rings is 1. The summed E-state index contributed by atoms with van der Waals surface area (Å²) in [5.41, 5.74) is 1.39. The third kappa shape index (κ3) is 5.65. The predicted molar refractivity (Wildman–Crippen MR) is 92.5 cm³/mol. The minimum atomic E-state index is -0.127. The molecule has 1 aliphatic rings. The summed E-state index contributed by atoms with van der Waals surface area (Å²) in [7, 11) is 4.20. The van der Waals surface area contributed by atoms with Crippen molar-refractivity contribution >= 4 is 23.2 Å². The van der Waals surface area contributed by atoms with E-state index in [1.165, 1.54) is 6.92 Å². The molecule has 2 N–H and O–H groups in total. The van der Waals surface area contributed by atoms with Gasteiger partial charge in [0.05, 0.1) is 0 Å². The number of likely N-dealkylation sites (tertiary alicyclic amines) is 1. The van der Waals surface area contributed by atoms with Crippen LogP contribution in [0.1, 0.15) is 19.8 Å². The van der Waals surface area contributed by atoms with Crippen molar-refractivity contribution in [2.75, 3.05) is 44.4 Å². The van der Waals surface area contributed by atoms with Gasteiger partial charge in [0.2, 0.25) is 11.8 Å². The number of rotatable bonds is 6. The summed E-state index contributed by atoms with van der Waals surface area (Å²) in [5.74, 6) is -0.128. The van der Waals surface area contributed by atoms with Crippen molar-refractivity contribution < 1.29 is 9.59 Å². The summed E-state index contributed by atoms with van der Waals surface area (Å²) in [6, 6.07) is 7.77. The van der Waals surface area contributed by atoms with Crippen LogP contribution in [0.5, 0.6) is 0 Å². The molecule has 2 rings (SSSR count). The molecule has 6 heteroatoms. The second kappa shape index (κ2) is 8.08. The Morgan fingerprint density at radius 1 is 1.26 bits per heavy atom. The molecule has 1 fully saturated rings. The largest absolute Gasteiger partial charge is 0.326 e. The highest BCUT2D eigenvalue weighted by Crippen LogP contribution is 2.16. The molecular weight excluding hydrogens is 292 g/mol. The third-order valence-electron chi connectivity index (χ3n) is 4.10. The maximum Gasteiger partial charge on any atom is 0.225 e. The molecule has 126 valence electrons. The lowest BCUT2D eigenvalue weighted by molar-refractivity contribution is -0.116. The predicted octanol–water partition coefficient (Wildman–Crippen LogP) is 1.61. The van der Waals surface area contributed by atoms with E-state index in [0.717, 1.165) is 26.1 Å². The molecule has 1 atom stereocenters. The normalized spacial score (nSPS) is 18.2. The van der Waals surface area contributed by atoms with Crippen LogP contribution in [0.3, 0.4) is 0 Å². The molecule has 1 aromatic carbocycles. The molecular formula is C17H26N4O2. The van der Waals surface area contributed by atoms with Gasteiger partial charge in [-0.2, -0.15) is 0 Å². The van der Waals surface area contributed by atoms with Crippen molar-refractivity contribution in [2.45, 2.75) is 25.8 Å². The van der Waals surface area contributed by atoms with Crippen LogP contribution < -0.4 is 10.6 Å². The first-order valence-electron chi connectivity index (χ1n) is 8.00. The summed E-state index contributed by atoms with van der Waals surface area (Å²) in [4.78, 5) is 27.7. The Morgan fingerprint density at radius 3 is 2.57 bits per heavy atom. The number of nitrogens with one attached hydrogen (secondary N) is 2. The zero-order valence-corrected chi connectivity index (χ0v) is 14.1. The van der Waals surface area contributed by atoms with E-state index in [4.69, 9.17) is 0 Å². The topological polar surface area (TPSA) is 64.7 Å². The van der Waals surface area contributed by atoms with Gasteiger partial charge < -0.3 is 20.4 Å². The van der Waals surface area contributed by atoms with Crippen molar-refractivity contribution in [3.63, 3.8) is 0 Å². The van der Waals surface area contributed by atoms with Gasteiger partial charge in [0.1, 0.15) is 0 Å². The fourth-order valence-corrected chi connectivity index (χ4v) is 2.80. The zero-order valence-electron chi connectivity index (χ0n) is 14.1. The molecule has 0 aromatic heterocycles. The second-order valence-corrected chi connectivity index (χ2v) is 6.27. The minimum Gasteiger partial charge on any atom is -0.326 e. The van der Waals surface area contributed by atoms with E-state index in [-0.39, 0.29) is 11.8 Å². The quantitative estimate of drug-likeness (QED) is 0.836. The standard InChI is InChI=1S/C17H26N4O2/c1-13(22)18-14-5-4-6-15(11-14)19-17(23)8-10-21-9-7-16(12-21)20(2)3/h4-6,11,16H,7-10,12H2,1-3H3,(H,18,22)(H,19,23)/t16-/m0/s1. The molecule has 0 aliphatic carbocycles. The molecule has 0 saturated carbocycles. The van der Waals surface area contributed by atoms with Gasteiger partial charge >= 0.3 is 0 Å². The van der Waals surface area contributed by atoms with Gasteiger partial charge in [0.15, 0.2) is 0 Å². The lowest BCUT2D eigenvalue weighted by Crippen LogP contribution is -2.32. The number of nitrogens with zero attached hydrogens (tertiary/aromatic N) is 2. The highest BCUT2D eigenvalue weighted by atomic mass is 16.2. The fraction of sp³-hybridized carbons (Fsp3) is 0.529. The summed E-state index contributed by atoms with van der Waals surface area (Å²) in [5, 5.41) is 5.59. The highest BCUT2D eigenvalue weighted by Gasteiger charge is 2.23. The summed E-state index contributed by atoms with van der Waals surface area (Å²) >= 11 is 0. The Balaban J connectivity index is 1.78. The van der Waals surface area contributed by atoms with Crippen molar-refractivity contribution in [3.05, 3.63) is 24.3 Å². The SMILES string of the molecule is CC(=O)Nc1cccc(NC(=O)CCN2CC[C@H](N(C)C)C2)c1. The van der Waals surface area contributed by atoms with Gasteiger partial charge in [-0.1, -0.05) is 6.07 Å². The van der Waals surface area contributed by atoms with Gasteiger partial charge in [-0.3, -0.25) is 9.59 Å².